The highest BCUT2D eigenvalue weighted by Crippen LogP contribution is 2.25. The van der Waals surface area contributed by atoms with Crippen LogP contribution in [0.15, 0.2) is 22.7 Å². The first-order valence-electron chi connectivity index (χ1n) is 5.56. The average molecular weight is 345 g/mol. The van der Waals surface area contributed by atoms with Crippen LogP contribution in [-0.4, -0.2) is 46.2 Å². The zero-order valence-corrected chi connectivity index (χ0v) is 12.2. The fourth-order valence-electron chi connectivity index (χ4n) is 1.46. The highest BCUT2D eigenvalue weighted by molar-refractivity contribution is 9.10. The summed E-state index contributed by atoms with van der Waals surface area (Å²) in [5.41, 5.74) is 1.32. The number of nitrogens with zero attached hydrogens (tertiary/aromatic N) is 1. The first kappa shape index (κ1) is 16.0. The maximum atomic E-state index is 11.9. The number of halogens is 1. The SMILES string of the molecule is Cc1cccc(NC(=O)N(CC(=O)O)CC(=O)O)c1Br. The van der Waals surface area contributed by atoms with Crippen molar-refractivity contribution in [1.82, 2.24) is 4.90 Å². The molecule has 0 radical (unpaired) electrons. The van der Waals surface area contributed by atoms with Crippen molar-refractivity contribution in [2.45, 2.75) is 6.92 Å². The van der Waals surface area contributed by atoms with Gasteiger partial charge >= 0.3 is 18.0 Å². The highest BCUT2D eigenvalue weighted by Gasteiger charge is 2.20. The Bertz CT molecular complexity index is 531. The van der Waals surface area contributed by atoms with Gasteiger partial charge in [-0.3, -0.25) is 9.59 Å². The molecule has 8 heteroatoms. The van der Waals surface area contributed by atoms with E-state index in [1.165, 1.54) is 0 Å². The molecule has 1 rings (SSSR count). The molecule has 20 heavy (non-hydrogen) atoms. The number of carboxylic acids is 2. The number of anilines is 1. The van der Waals surface area contributed by atoms with Gasteiger partial charge in [-0.15, -0.1) is 0 Å². The molecule has 2 amide bonds. The van der Waals surface area contributed by atoms with E-state index in [-0.39, 0.29) is 0 Å². The van der Waals surface area contributed by atoms with Gasteiger partial charge in [0.15, 0.2) is 0 Å². The van der Waals surface area contributed by atoms with Crippen LogP contribution in [-0.2, 0) is 9.59 Å². The maximum Gasteiger partial charge on any atom is 0.323 e. The number of hydrogen-bond donors (Lipinski definition) is 3. The third-order valence-electron chi connectivity index (χ3n) is 2.37. The number of carboxylic acid groups (broad SMARTS) is 2. The third-order valence-corrected chi connectivity index (χ3v) is 3.43. The summed E-state index contributed by atoms with van der Waals surface area (Å²) in [7, 11) is 0. The van der Waals surface area contributed by atoms with Crippen LogP contribution >= 0.6 is 15.9 Å². The van der Waals surface area contributed by atoms with Gasteiger partial charge in [0.05, 0.1) is 5.69 Å². The van der Waals surface area contributed by atoms with Gasteiger partial charge in [0.25, 0.3) is 0 Å². The molecule has 0 saturated heterocycles. The lowest BCUT2D eigenvalue weighted by molar-refractivity contribution is -0.140. The number of aryl methyl sites for hydroxylation is 1. The van der Waals surface area contributed by atoms with Gasteiger partial charge < -0.3 is 20.4 Å². The molecule has 0 aliphatic rings. The number of rotatable bonds is 5. The Hall–Kier alpha value is -2.09. The van der Waals surface area contributed by atoms with Crippen molar-refractivity contribution in [2.75, 3.05) is 18.4 Å². The van der Waals surface area contributed by atoms with Crippen LogP contribution in [0.2, 0.25) is 0 Å². The van der Waals surface area contributed by atoms with Crippen LogP contribution in [0.4, 0.5) is 10.5 Å². The maximum absolute atomic E-state index is 11.9. The number of aliphatic carboxylic acids is 2. The molecule has 0 saturated carbocycles. The zero-order valence-electron chi connectivity index (χ0n) is 10.6. The topological polar surface area (TPSA) is 107 Å². The molecule has 0 fully saturated rings. The fourth-order valence-corrected chi connectivity index (χ4v) is 1.83. The van der Waals surface area contributed by atoms with Gasteiger partial charge in [-0.05, 0) is 34.5 Å². The second kappa shape index (κ2) is 6.90. The van der Waals surface area contributed by atoms with Gasteiger partial charge in [0, 0.05) is 4.47 Å². The van der Waals surface area contributed by atoms with E-state index in [9.17, 15) is 14.4 Å². The second-order valence-electron chi connectivity index (χ2n) is 4.01. The van der Waals surface area contributed by atoms with Gasteiger partial charge in [0.1, 0.15) is 13.1 Å². The number of hydrogen-bond acceptors (Lipinski definition) is 3. The lowest BCUT2D eigenvalue weighted by Crippen LogP contribution is -2.42. The Labute approximate surface area is 123 Å². The van der Waals surface area contributed by atoms with E-state index >= 15 is 0 Å². The molecule has 3 N–H and O–H groups in total. The third kappa shape index (κ3) is 4.54. The predicted molar refractivity (Wildman–Crippen MR) is 74.7 cm³/mol. The molecule has 1 aromatic rings. The van der Waals surface area contributed by atoms with Crippen molar-refractivity contribution in [3.8, 4) is 0 Å². The summed E-state index contributed by atoms with van der Waals surface area (Å²) in [6, 6.07) is 4.37. The smallest absolute Gasteiger partial charge is 0.323 e. The summed E-state index contributed by atoms with van der Waals surface area (Å²) in [5.74, 6) is -2.57. The molecule has 0 atom stereocenters. The van der Waals surface area contributed by atoms with E-state index in [0.717, 1.165) is 5.56 Å². The van der Waals surface area contributed by atoms with Gasteiger partial charge in [-0.2, -0.15) is 0 Å². The molecule has 0 bridgehead atoms. The Morgan fingerprint density at radius 3 is 2.25 bits per heavy atom. The molecule has 0 aliphatic heterocycles. The molecule has 0 heterocycles. The van der Waals surface area contributed by atoms with Crippen molar-refractivity contribution < 1.29 is 24.6 Å². The Kier molecular flexibility index (Phi) is 5.51. The van der Waals surface area contributed by atoms with E-state index in [1.807, 2.05) is 13.0 Å². The zero-order chi connectivity index (χ0) is 15.3. The summed E-state index contributed by atoms with van der Waals surface area (Å²) in [6.07, 6.45) is 0. The predicted octanol–water partition coefficient (Wildman–Crippen LogP) is 1.76. The van der Waals surface area contributed by atoms with E-state index in [4.69, 9.17) is 10.2 Å². The summed E-state index contributed by atoms with van der Waals surface area (Å²) < 4.78 is 0.652. The van der Waals surface area contributed by atoms with Crippen LogP contribution in [0, 0.1) is 6.92 Å². The van der Waals surface area contributed by atoms with Gasteiger partial charge in [-0.1, -0.05) is 12.1 Å². The molecule has 0 aromatic heterocycles. The van der Waals surface area contributed by atoms with Gasteiger partial charge in [0.2, 0.25) is 0 Å². The fraction of sp³-hybridized carbons (Fsp3) is 0.250. The molecule has 0 spiro atoms. The second-order valence-corrected chi connectivity index (χ2v) is 4.80. The first-order chi connectivity index (χ1) is 9.31. The molecule has 7 nitrogen and oxygen atoms in total. The molecule has 0 aliphatic carbocycles. The largest absolute Gasteiger partial charge is 0.480 e. The summed E-state index contributed by atoms with van der Waals surface area (Å²) in [4.78, 5) is 33.9. The number of amides is 2. The number of nitrogens with one attached hydrogen (secondary N) is 1. The van der Waals surface area contributed by atoms with E-state index in [2.05, 4.69) is 21.2 Å². The minimum atomic E-state index is -1.29. The first-order valence-corrected chi connectivity index (χ1v) is 6.35. The van der Waals surface area contributed by atoms with Crippen molar-refractivity contribution in [3.05, 3.63) is 28.2 Å². The minimum Gasteiger partial charge on any atom is -0.480 e. The molecule has 0 unspecified atom stereocenters. The molecular weight excluding hydrogens is 332 g/mol. The van der Waals surface area contributed by atoms with Crippen LogP contribution in [0.3, 0.4) is 0 Å². The van der Waals surface area contributed by atoms with E-state index in [0.29, 0.717) is 15.1 Å². The van der Waals surface area contributed by atoms with E-state index < -0.39 is 31.1 Å². The lowest BCUT2D eigenvalue weighted by atomic mass is 10.2. The van der Waals surface area contributed by atoms with E-state index in [1.54, 1.807) is 12.1 Å². The summed E-state index contributed by atoms with van der Waals surface area (Å²) in [6.45, 7) is 0.440. The molecule has 108 valence electrons. The van der Waals surface area contributed by atoms with Crippen molar-refractivity contribution >= 4 is 39.6 Å². The Balaban J connectivity index is 2.87. The standard InChI is InChI=1S/C12H13BrN2O5/c1-7-3-2-4-8(11(7)13)14-12(20)15(5-9(16)17)6-10(18)19/h2-4H,5-6H2,1H3,(H,14,20)(H,16,17)(H,18,19). The van der Waals surface area contributed by atoms with Crippen LogP contribution in [0.1, 0.15) is 5.56 Å². The lowest BCUT2D eigenvalue weighted by Gasteiger charge is -2.19. The Morgan fingerprint density at radius 1 is 1.20 bits per heavy atom. The average Bonchev–Trinajstić information content (AvgIpc) is 2.33. The number of carbonyl (C=O) groups excluding carboxylic acids is 1. The van der Waals surface area contributed by atoms with Crippen molar-refractivity contribution in [1.29, 1.82) is 0 Å². The van der Waals surface area contributed by atoms with Crippen LogP contribution in [0.25, 0.3) is 0 Å². The van der Waals surface area contributed by atoms with Crippen LogP contribution < -0.4 is 5.32 Å². The normalized spacial score (nSPS) is 9.90. The molecular formula is C12H13BrN2O5. The monoisotopic (exact) mass is 344 g/mol. The minimum absolute atomic E-state index is 0.441. The number of carbonyl (C=O) groups is 3. The highest BCUT2D eigenvalue weighted by atomic mass is 79.9. The summed E-state index contributed by atoms with van der Waals surface area (Å²) in [5, 5.41) is 19.8. The Morgan fingerprint density at radius 2 is 1.75 bits per heavy atom. The number of urea groups is 1. The van der Waals surface area contributed by atoms with Crippen LogP contribution in [0.5, 0.6) is 0 Å². The van der Waals surface area contributed by atoms with Crippen molar-refractivity contribution in [2.24, 2.45) is 0 Å². The van der Waals surface area contributed by atoms with Crippen molar-refractivity contribution in [3.63, 3.8) is 0 Å². The number of benzene rings is 1. The quantitative estimate of drug-likeness (QED) is 0.754. The van der Waals surface area contributed by atoms with Gasteiger partial charge in [-0.25, -0.2) is 4.79 Å². The molecule has 1 aromatic carbocycles. The summed E-state index contributed by atoms with van der Waals surface area (Å²) >= 11 is 3.29.